The molecule has 0 aliphatic rings. The number of hydrogen-bond donors (Lipinski definition) is 2. The van der Waals surface area contributed by atoms with Gasteiger partial charge in [-0.15, -0.1) is 11.3 Å². The highest BCUT2D eigenvalue weighted by Crippen LogP contribution is 2.28. The largest absolute Gasteiger partial charge is 0.391 e. The number of aliphatic hydroxyl groups is 1. The number of para-hydroxylation sites is 1. The lowest BCUT2D eigenvalue weighted by Crippen LogP contribution is -2.14. The Morgan fingerprint density at radius 1 is 1.33 bits per heavy atom. The number of nitrogens with one attached hydrogen (secondary N) is 1. The van der Waals surface area contributed by atoms with E-state index in [2.05, 4.69) is 4.72 Å². The Kier molecular flexibility index (Phi) is 5.00. The van der Waals surface area contributed by atoms with Gasteiger partial charge in [0.1, 0.15) is 4.90 Å². The molecule has 21 heavy (non-hydrogen) atoms. The third-order valence-corrected chi connectivity index (χ3v) is 5.59. The second kappa shape index (κ2) is 6.57. The first-order chi connectivity index (χ1) is 9.97. The van der Waals surface area contributed by atoms with Gasteiger partial charge in [-0.25, -0.2) is 8.42 Å². The van der Waals surface area contributed by atoms with Gasteiger partial charge in [0.15, 0.2) is 0 Å². The first-order valence-corrected chi connectivity index (χ1v) is 8.57. The Balaban J connectivity index is 2.35. The van der Waals surface area contributed by atoms with E-state index in [-0.39, 0.29) is 11.5 Å². The fourth-order valence-corrected chi connectivity index (χ4v) is 4.57. The van der Waals surface area contributed by atoms with Crippen LogP contribution in [0.4, 0.5) is 5.69 Å². The second-order valence-electron chi connectivity index (χ2n) is 4.49. The van der Waals surface area contributed by atoms with Gasteiger partial charge in [-0.1, -0.05) is 18.2 Å². The van der Waals surface area contributed by atoms with Crippen LogP contribution in [-0.4, -0.2) is 20.6 Å². The van der Waals surface area contributed by atoms with Crippen LogP contribution in [0.1, 0.15) is 15.3 Å². The van der Waals surface area contributed by atoms with E-state index in [4.69, 9.17) is 9.84 Å². The monoisotopic (exact) mass is 327 g/mol. The van der Waals surface area contributed by atoms with E-state index in [0.717, 1.165) is 5.56 Å². The number of methoxy groups -OCH3 is 1. The summed E-state index contributed by atoms with van der Waals surface area (Å²) < 4.78 is 32.6. The van der Waals surface area contributed by atoms with Gasteiger partial charge in [-0.3, -0.25) is 4.72 Å². The standard InChI is InChI=1S/C14H17NO4S2/c1-10-14(7-12(8-16)20-10)21(17,18)15-13-6-4-3-5-11(13)9-19-2/h3-7,15-16H,8-9H2,1-2H3. The van der Waals surface area contributed by atoms with Crippen molar-refractivity contribution in [3.63, 3.8) is 0 Å². The van der Waals surface area contributed by atoms with Crippen molar-refractivity contribution in [2.45, 2.75) is 25.0 Å². The van der Waals surface area contributed by atoms with Crippen LogP contribution < -0.4 is 4.72 Å². The van der Waals surface area contributed by atoms with Crippen LogP contribution in [0.15, 0.2) is 35.2 Å². The molecule has 1 heterocycles. The maximum Gasteiger partial charge on any atom is 0.263 e. The molecule has 0 spiro atoms. The highest BCUT2D eigenvalue weighted by molar-refractivity contribution is 7.93. The molecular formula is C14H17NO4S2. The van der Waals surface area contributed by atoms with E-state index < -0.39 is 10.0 Å². The third-order valence-electron chi connectivity index (χ3n) is 2.93. The number of anilines is 1. The van der Waals surface area contributed by atoms with Crippen LogP contribution in [0.2, 0.25) is 0 Å². The molecule has 0 saturated carbocycles. The molecule has 0 fully saturated rings. The molecule has 0 saturated heterocycles. The molecule has 0 unspecified atom stereocenters. The fraction of sp³-hybridized carbons (Fsp3) is 0.286. The fourth-order valence-electron chi connectivity index (χ4n) is 1.97. The van der Waals surface area contributed by atoms with E-state index in [1.807, 2.05) is 6.07 Å². The van der Waals surface area contributed by atoms with E-state index >= 15 is 0 Å². The molecule has 5 nitrogen and oxygen atoms in total. The van der Waals surface area contributed by atoms with Crippen LogP contribution in [0.3, 0.4) is 0 Å². The lowest BCUT2D eigenvalue weighted by molar-refractivity contribution is 0.185. The van der Waals surface area contributed by atoms with Gasteiger partial charge in [0.05, 0.1) is 18.9 Å². The van der Waals surface area contributed by atoms with E-state index in [1.165, 1.54) is 17.4 Å². The minimum Gasteiger partial charge on any atom is -0.391 e. The summed E-state index contributed by atoms with van der Waals surface area (Å²) in [6, 6.07) is 8.59. The number of hydrogen-bond acceptors (Lipinski definition) is 5. The summed E-state index contributed by atoms with van der Waals surface area (Å²) >= 11 is 1.27. The van der Waals surface area contributed by atoms with Crippen molar-refractivity contribution < 1.29 is 18.3 Å². The highest BCUT2D eigenvalue weighted by Gasteiger charge is 2.20. The van der Waals surface area contributed by atoms with Crippen molar-refractivity contribution in [1.82, 2.24) is 0 Å². The highest BCUT2D eigenvalue weighted by atomic mass is 32.2. The van der Waals surface area contributed by atoms with Crippen molar-refractivity contribution in [1.29, 1.82) is 0 Å². The van der Waals surface area contributed by atoms with Crippen LogP contribution in [-0.2, 0) is 28.0 Å². The molecule has 1 aromatic carbocycles. The third kappa shape index (κ3) is 3.62. The summed E-state index contributed by atoms with van der Waals surface area (Å²) in [7, 11) is -2.12. The van der Waals surface area contributed by atoms with Crippen molar-refractivity contribution >= 4 is 27.0 Å². The molecule has 0 atom stereocenters. The van der Waals surface area contributed by atoms with E-state index in [0.29, 0.717) is 22.0 Å². The first kappa shape index (κ1) is 16.0. The lowest BCUT2D eigenvalue weighted by atomic mass is 10.2. The van der Waals surface area contributed by atoms with Gasteiger partial charge in [0, 0.05) is 22.4 Å². The Morgan fingerprint density at radius 3 is 2.67 bits per heavy atom. The van der Waals surface area contributed by atoms with Crippen LogP contribution in [0.5, 0.6) is 0 Å². The average molecular weight is 327 g/mol. The number of benzene rings is 1. The van der Waals surface area contributed by atoms with E-state index in [9.17, 15) is 8.42 Å². The molecule has 114 valence electrons. The Labute approximate surface area is 128 Å². The zero-order valence-corrected chi connectivity index (χ0v) is 13.4. The minimum atomic E-state index is -3.68. The molecule has 0 amide bonds. The minimum absolute atomic E-state index is 0.165. The molecule has 2 N–H and O–H groups in total. The summed E-state index contributed by atoms with van der Waals surface area (Å²) in [5.74, 6) is 0. The summed E-state index contributed by atoms with van der Waals surface area (Å²) in [4.78, 5) is 1.47. The van der Waals surface area contributed by atoms with Crippen molar-refractivity contribution in [2.24, 2.45) is 0 Å². The van der Waals surface area contributed by atoms with Crippen LogP contribution >= 0.6 is 11.3 Å². The quantitative estimate of drug-likeness (QED) is 0.855. The topological polar surface area (TPSA) is 75.6 Å². The van der Waals surface area contributed by atoms with Gasteiger partial charge in [-0.05, 0) is 19.1 Å². The summed E-state index contributed by atoms with van der Waals surface area (Å²) in [5.41, 5.74) is 1.26. The normalized spacial score (nSPS) is 11.6. The Morgan fingerprint density at radius 2 is 2.05 bits per heavy atom. The maximum absolute atomic E-state index is 12.5. The predicted octanol–water partition coefficient (Wildman–Crippen LogP) is 2.50. The summed E-state index contributed by atoms with van der Waals surface area (Å²) in [6.45, 7) is 1.88. The summed E-state index contributed by atoms with van der Waals surface area (Å²) in [6.07, 6.45) is 0. The lowest BCUT2D eigenvalue weighted by Gasteiger charge is -2.11. The number of aliphatic hydroxyl groups excluding tert-OH is 1. The van der Waals surface area contributed by atoms with Crippen molar-refractivity contribution in [3.8, 4) is 0 Å². The molecule has 1 aromatic heterocycles. The zero-order chi connectivity index (χ0) is 15.5. The average Bonchev–Trinajstić information content (AvgIpc) is 2.83. The number of thiophene rings is 1. The number of sulfonamides is 1. The van der Waals surface area contributed by atoms with Gasteiger partial charge in [0.25, 0.3) is 10.0 Å². The van der Waals surface area contributed by atoms with Crippen molar-refractivity contribution in [2.75, 3.05) is 11.8 Å². The molecule has 7 heteroatoms. The zero-order valence-electron chi connectivity index (χ0n) is 11.8. The molecule has 2 rings (SSSR count). The van der Waals surface area contributed by atoms with Crippen LogP contribution in [0, 0.1) is 6.92 Å². The number of aryl methyl sites for hydroxylation is 1. The smallest absolute Gasteiger partial charge is 0.263 e. The van der Waals surface area contributed by atoms with Gasteiger partial charge in [-0.2, -0.15) is 0 Å². The molecular weight excluding hydrogens is 310 g/mol. The summed E-state index contributed by atoms with van der Waals surface area (Å²) in [5, 5.41) is 9.12. The molecule has 0 bridgehead atoms. The maximum atomic E-state index is 12.5. The number of ether oxygens (including phenoxy) is 1. The predicted molar refractivity (Wildman–Crippen MR) is 82.9 cm³/mol. The Hall–Kier alpha value is -1.41. The molecule has 0 aliphatic heterocycles. The SMILES string of the molecule is COCc1ccccc1NS(=O)(=O)c1cc(CO)sc1C. The van der Waals surface area contributed by atoms with Gasteiger partial charge in [0.2, 0.25) is 0 Å². The Bertz CT molecular complexity index is 722. The van der Waals surface area contributed by atoms with E-state index in [1.54, 1.807) is 32.2 Å². The van der Waals surface area contributed by atoms with Crippen molar-refractivity contribution in [3.05, 3.63) is 45.6 Å². The molecule has 0 aliphatic carbocycles. The second-order valence-corrected chi connectivity index (χ2v) is 7.48. The molecule has 0 radical (unpaired) electrons. The number of rotatable bonds is 6. The van der Waals surface area contributed by atoms with Gasteiger partial charge >= 0.3 is 0 Å². The van der Waals surface area contributed by atoms with Gasteiger partial charge < -0.3 is 9.84 Å². The first-order valence-electron chi connectivity index (χ1n) is 6.27. The van der Waals surface area contributed by atoms with Crippen LogP contribution in [0.25, 0.3) is 0 Å². The molecule has 2 aromatic rings.